The predicted octanol–water partition coefficient (Wildman–Crippen LogP) is 1.50. The van der Waals surface area contributed by atoms with E-state index < -0.39 is 0 Å². The summed E-state index contributed by atoms with van der Waals surface area (Å²) in [5, 5.41) is 7.56. The molecule has 0 fully saturated rings. The minimum Gasteiger partial charge on any atom is -0.377 e. The molecule has 0 spiro atoms. The number of hydrogen-bond donors (Lipinski definition) is 1. The topological polar surface area (TPSA) is 39.1 Å². The third-order valence-electron chi connectivity index (χ3n) is 2.17. The number of rotatable bonds is 6. The maximum absolute atomic E-state index is 5.62. The van der Waals surface area contributed by atoms with Crippen molar-refractivity contribution in [1.29, 1.82) is 0 Å². The molecule has 1 rings (SSSR count). The number of hydrogen-bond acceptors (Lipinski definition) is 3. The average molecular weight is 211 g/mol. The molecule has 86 valence electrons. The Morgan fingerprint density at radius 3 is 2.73 bits per heavy atom. The molecule has 4 nitrogen and oxygen atoms in total. The summed E-state index contributed by atoms with van der Waals surface area (Å²) in [5.41, 5.74) is 1.18. The van der Waals surface area contributed by atoms with E-state index in [1.807, 2.05) is 38.0 Å². The zero-order chi connectivity index (χ0) is 11.3. The summed E-state index contributed by atoms with van der Waals surface area (Å²) >= 11 is 0. The Balaban J connectivity index is 2.57. The highest BCUT2D eigenvalue weighted by atomic mass is 16.5. The first kappa shape index (κ1) is 12.2. The van der Waals surface area contributed by atoms with E-state index in [0.29, 0.717) is 6.61 Å². The molecule has 0 radical (unpaired) electrons. The van der Waals surface area contributed by atoms with E-state index in [1.54, 1.807) is 0 Å². The van der Waals surface area contributed by atoms with Crippen LogP contribution in [0.2, 0.25) is 0 Å². The Bertz CT molecular complexity index is 283. The van der Waals surface area contributed by atoms with Gasteiger partial charge in [0.05, 0.1) is 24.9 Å². The van der Waals surface area contributed by atoms with Crippen LogP contribution < -0.4 is 5.32 Å². The van der Waals surface area contributed by atoms with Gasteiger partial charge in [0.1, 0.15) is 0 Å². The van der Waals surface area contributed by atoms with Crippen molar-refractivity contribution in [3.8, 4) is 0 Å². The highest BCUT2D eigenvalue weighted by Gasteiger charge is 2.12. The molecular weight excluding hydrogens is 190 g/mol. The van der Waals surface area contributed by atoms with Gasteiger partial charge < -0.3 is 10.1 Å². The number of ether oxygens (including phenoxy) is 1. The monoisotopic (exact) mass is 211 g/mol. The van der Waals surface area contributed by atoms with Crippen molar-refractivity contribution >= 4 is 0 Å². The molecule has 0 amide bonds. The summed E-state index contributed by atoms with van der Waals surface area (Å²) < 4.78 is 7.44. The molecule has 0 aliphatic carbocycles. The molecule has 15 heavy (non-hydrogen) atoms. The average Bonchev–Trinajstić information content (AvgIpc) is 2.59. The highest BCUT2D eigenvalue weighted by Crippen LogP contribution is 2.12. The zero-order valence-corrected chi connectivity index (χ0v) is 10.0. The molecule has 1 N–H and O–H groups in total. The van der Waals surface area contributed by atoms with Gasteiger partial charge in [0.2, 0.25) is 0 Å². The highest BCUT2D eigenvalue weighted by molar-refractivity contribution is 5.10. The maximum atomic E-state index is 5.62. The molecule has 0 aliphatic rings. The first-order chi connectivity index (χ1) is 7.13. The van der Waals surface area contributed by atoms with Crippen LogP contribution in [0.3, 0.4) is 0 Å². The molecule has 0 aromatic carbocycles. The molecular formula is C11H21N3O. The summed E-state index contributed by atoms with van der Waals surface area (Å²) in [6, 6.07) is 0.242. The summed E-state index contributed by atoms with van der Waals surface area (Å²) in [6.07, 6.45) is 4.18. The Kier molecular flexibility index (Phi) is 4.78. The lowest BCUT2D eigenvalue weighted by Gasteiger charge is -2.18. The molecule has 0 saturated carbocycles. The first-order valence-electron chi connectivity index (χ1n) is 5.47. The molecule has 0 aliphatic heterocycles. The predicted molar refractivity (Wildman–Crippen MR) is 60.7 cm³/mol. The van der Waals surface area contributed by atoms with Gasteiger partial charge in [-0.2, -0.15) is 5.10 Å². The number of nitrogens with one attached hydrogen (secondary N) is 1. The number of aryl methyl sites for hydroxylation is 1. The van der Waals surface area contributed by atoms with Crippen molar-refractivity contribution in [2.24, 2.45) is 7.05 Å². The van der Waals surface area contributed by atoms with Crippen LogP contribution in [0.15, 0.2) is 12.4 Å². The molecule has 0 saturated heterocycles. The summed E-state index contributed by atoms with van der Waals surface area (Å²) in [7, 11) is 1.93. The first-order valence-corrected chi connectivity index (χ1v) is 5.47. The number of aromatic nitrogens is 2. The second kappa shape index (κ2) is 5.88. The Morgan fingerprint density at radius 1 is 1.53 bits per heavy atom. The van der Waals surface area contributed by atoms with Gasteiger partial charge in [0.25, 0.3) is 0 Å². The lowest BCUT2D eigenvalue weighted by atomic mass is 10.2. The smallest absolute Gasteiger partial charge is 0.0666 e. The van der Waals surface area contributed by atoms with E-state index in [9.17, 15) is 0 Å². The quantitative estimate of drug-likeness (QED) is 0.775. The molecule has 1 unspecified atom stereocenters. The Morgan fingerprint density at radius 2 is 2.27 bits per heavy atom. The van der Waals surface area contributed by atoms with Crippen molar-refractivity contribution in [3.63, 3.8) is 0 Å². The lowest BCUT2D eigenvalue weighted by molar-refractivity contribution is 0.0614. The SMILES string of the molecule is CCNC(COC(C)C)c1cnn(C)c1. The molecule has 4 heteroatoms. The number of likely N-dealkylation sites (N-methyl/N-ethyl adjacent to an activating group) is 1. The van der Waals surface area contributed by atoms with Crippen LogP contribution >= 0.6 is 0 Å². The van der Waals surface area contributed by atoms with Crippen molar-refractivity contribution < 1.29 is 4.74 Å². The minimum atomic E-state index is 0.242. The van der Waals surface area contributed by atoms with Crippen LogP contribution in [0.4, 0.5) is 0 Å². The zero-order valence-electron chi connectivity index (χ0n) is 10.0. The van der Waals surface area contributed by atoms with Crippen LogP contribution in [0, 0.1) is 0 Å². The van der Waals surface area contributed by atoms with Crippen molar-refractivity contribution in [2.75, 3.05) is 13.2 Å². The molecule has 1 heterocycles. The fraction of sp³-hybridized carbons (Fsp3) is 0.727. The van der Waals surface area contributed by atoms with Crippen LogP contribution in [0.1, 0.15) is 32.4 Å². The van der Waals surface area contributed by atoms with E-state index in [2.05, 4.69) is 17.3 Å². The van der Waals surface area contributed by atoms with Gasteiger partial charge in [-0.25, -0.2) is 0 Å². The van der Waals surface area contributed by atoms with Crippen molar-refractivity contribution in [2.45, 2.75) is 32.9 Å². The van der Waals surface area contributed by atoms with Crippen molar-refractivity contribution in [1.82, 2.24) is 15.1 Å². The third kappa shape index (κ3) is 4.01. The van der Waals surface area contributed by atoms with Gasteiger partial charge >= 0.3 is 0 Å². The molecule has 1 aromatic heterocycles. The van der Waals surface area contributed by atoms with E-state index >= 15 is 0 Å². The van der Waals surface area contributed by atoms with E-state index in [-0.39, 0.29) is 12.1 Å². The van der Waals surface area contributed by atoms with E-state index in [0.717, 1.165) is 6.54 Å². The number of nitrogens with zero attached hydrogens (tertiary/aromatic N) is 2. The molecule has 0 bridgehead atoms. The molecule has 1 atom stereocenters. The standard InChI is InChI=1S/C11H21N3O/c1-5-12-11(8-15-9(2)3)10-6-13-14(4)7-10/h6-7,9,11-12H,5,8H2,1-4H3. The second-order valence-corrected chi connectivity index (χ2v) is 3.94. The van der Waals surface area contributed by atoms with Gasteiger partial charge in [0, 0.05) is 18.8 Å². The maximum Gasteiger partial charge on any atom is 0.0666 e. The van der Waals surface area contributed by atoms with Gasteiger partial charge in [-0.15, -0.1) is 0 Å². The van der Waals surface area contributed by atoms with Gasteiger partial charge in [-0.05, 0) is 20.4 Å². The summed E-state index contributed by atoms with van der Waals surface area (Å²) in [5.74, 6) is 0. The van der Waals surface area contributed by atoms with Crippen LogP contribution in [0.25, 0.3) is 0 Å². The fourth-order valence-corrected chi connectivity index (χ4v) is 1.43. The largest absolute Gasteiger partial charge is 0.377 e. The van der Waals surface area contributed by atoms with Crippen LogP contribution in [0.5, 0.6) is 0 Å². The normalized spacial score (nSPS) is 13.4. The van der Waals surface area contributed by atoms with Gasteiger partial charge in [0.15, 0.2) is 0 Å². The summed E-state index contributed by atoms with van der Waals surface area (Å²) in [6.45, 7) is 7.81. The summed E-state index contributed by atoms with van der Waals surface area (Å²) in [4.78, 5) is 0. The Labute approximate surface area is 91.6 Å². The Hall–Kier alpha value is -0.870. The van der Waals surface area contributed by atoms with Crippen LogP contribution in [-0.2, 0) is 11.8 Å². The minimum absolute atomic E-state index is 0.242. The second-order valence-electron chi connectivity index (χ2n) is 3.94. The molecule has 1 aromatic rings. The lowest BCUT2D eigenvalue weighted by Crippen LogP contribution is -2.26. The van der Waals surface area contributed by atoms with Crippen LogP contribution in [-0.4, -0.2) is 29.0 Å². The van der Waals surface area contributed by atoms with Gasteiger partial charge in [-0.3, -0.25) is 4.68 Å². The van der Waals surface area contributed by atoms with E-state index in [1.165, 1.54) is 5.56 Å². The van der Waals surface area contributed by atoms with Gasteiger partial charge in [-0.1, -0.05) is 6.92 Å². The van der Waals surface area contributed by atoms with E-state index in [4.69, 9.17) is 4.74 Å². The fourth-order valence-electron chi connectivity index (χ4n) is 1.43. The third-order valence-corrected chi connectivity index (χ3v) is 2.17. The van der Waals surface area contributed by atoms with Crippen molar-refractivity contribution in [3.05, 3.63) is 18.0 Å².